The summed E-state index contributed by atoms with van der Waals surface area (Å²) in [4.78, 5) is 25.2. The Morgan fingerprint density at radius 2 is 1.91 bits per heavy atom. The monoisotopic (exact) mass is 442 g/mol. The van der Waals surface area contributed by atoms with Crippen molar-refractivity contribution in [3.63, 3.8) is 0 Å². The highest BCUT2D eigenvalue weighted by Gasteiger charge is 2.42. The molecule has 0 unspecified atom stereocenters. The predicted octanol–water partition coefficient (Wildman–Crippen LogP) is 3.42. The van der Waals surface area contributed by atoms with Gasteiger partial charge >= 0.3 is 0 Å². The number of nitrogens with two attached hydrogens (primary N) is 1. The standard InChI is InChI=1S/C25H26N6O2/c1-14-4-5-15(2)18(12-14)23(32)27-13-16-6-8-17(9-7-16)20-19-21(24(33)29-28-22(19)26)31(30-20)25(3)10-11-25/h4-9,12H,10-11,13H2,1-3H3,(H2,26,28)(H,27,32)(H,29,33). The van der Waals surface area contributed by atoms with Gasteiger partial charge in [-0.15, -0.1) is 0 Å². The molecule has 0 atom stereocenters. The maximum absolute atomic E-state index is 12.6. The van der Waals surface area contributed by atoms with Crippen molar-refractivity contribution in [2.45, 2.75) is 45.7 Å². The Hall–Kier alpha value is -3.94. The molecule has 0 bridgehead atoms. The molecule has 8 nitrogen and oxygen atoms in total. The molecule has 5 rings (SSSR count). The summed E-state index contributed by atoms with van der Waals surface area (Å²) < 4.78 is 1.80. The third kappa shape index (κ3) is 3.67. The molecule has 2 aromatic carbocycles. The zero-order valence-corrected chi connectivity index (χ0v) is 18.9. The molecule has 4 N–H and O–H groups in total. The van der Waals surface area contributed by atoms with Gasteiger partial charge in [0, 0.05) is 17.7 Å². The summed E-state index contributed by atoms with van der Waals surface area (Å²) in [6, 6.07) is 13.6. The number of aromatic amines is 1. The maximum Gasteiger partial charge on any atom is 0.290 e. The molecule has 0 saturated heterocycles. The largest absolute Gasteiger partial charge is 0.382 e. The fourth-order valence-electron chi connectivity index (χ4n) is 4.11. The Morgan fingerprint density at radius 3 is 2.61 bits per heavy atom. The Kier molecular flexibility index (Phi) is 4.81. The zero-order chi connectivity index (χ0) is 23.3. The first kappa shape index (κ1) is 20.9. The molecule has 4 aromatic rings. The maximum atomic E-state index is 12.6. The SMILES string of the molecule is Cc1ccc(C)c(C(=O)NCc2ccc(-c3nn(C4(C)CC4)c4c(=O)[nH]nc(N)c34)cc2)c1. The number of hydrogen-bond acceptors (Lipinski definition) is 5. The number of nitrogen functional groups attached to an aromatic ring is 1. The quantitative estimate of drug-likeness (QED) is 0.438. The summed E-state index contributed by atoms with van der Waals surface area (Å²) in [5.41, 5.74) is 11.3. The lowest BCUT2D eigenvalue weighted by atomic mass is 10.0. The normalized spacial score (nSPS) is 14.4. The lowest BCUT2D eigenvalue weighted by Gasteiger charge is -2.10. The lowest BCUT2D eigenvalue weighted by molar-refractivity contribution is 0.0950. The highest BCUT2D eigenvalue weighted by Crippen LogP contribution is 2.45. The minimum absolute atomic E-state index is 0.0965. The van der Waals surface area contributed by atoms with Crippen molar-refractivity contribution in [1.82, 2.24) is 25.3 Å². The summed E-state index contributed by atoms with van der Waals surface area (Å²) in [7, 11) is 0. The molecule has 1 amide bonds. The fraction of sp³-hybridized carbons (Fsp3) is 0.280. The highest BCUT2D eigenvalue weighted by molar-refractivity contribution is 6.00. The number of amides is 1. The molecule has 2 heterocycles. The van der Waals surface area contributed by atoms with E-state index in [1.807, 2.05) is 56.3 Å². The average molecular weight is 443 g/mol. The van der Waals surface area contributed by atoms with E-state index in [4.69, 9.17) is 10.8 Å². The van der Waals surface area contributed by atoms with Crippen LogP contribution in [0.4, 0.5) is 5.82 Å². The van der Waals surface area contributed by atoms with Crippen molar-refractivity contribution in [2.75, 3.05) is 5.73 Å². The Balaban J connectivity index is 1.42. The van der Waals surface area contributed by atoms with E-state index in [9.17, 15) is 9.59 Å². The molecule has 0 aliphatic heterocycles. The number of carbonyl (C=O) groups is 1. The van der Waals surface area contributed by atoms with Crippen LogP contribution < -0.4 is 16.6 Å². The molecule has 0 spiro atoms. The van der Waals surface area contributed by atoms with Crippen LogP contribution in [0.3, 0.4) is 0 Å². The molecular formula is C25H26N6O2. The van der Waals surface area contributed by atoms with E-state index in [0.29, 0.717) is 28.7 Å². The minimum atomic E-state index is -0.295. The van der Waals surface area contributed by atoms with Gasteiger partial charge in [0.1, 0.15) is 11.2 Å². The molecule has 1 fully saturated rings. The van der Waals surface area contributed by atoms with Crippen LogP contribution in [0.25, 0.3) is 22.2 Å². The molecule has 33 heavy (non-hydrogen) atoms. The highest BCUT2D eigenvalue weighted by atomic mass is 16.1. The zero-order valence-electron chi connectivity index (χ0n) is 18.9. The van der Waals surface area contributed by atoms with Crippen molar-refractivity contribution in [1.29, 1.82) is 0 Å². The Labute approximate surface area is 190 Å². The number of benzene rings is 2. The molecule has 1 aliphatic rings. The van der Waals surface area contributed by atoms with Gasteiger partial charge in [-0.05, 0) is 50.8 Å². The van der Waals surface area contributed by atoms with Crippen LogP contribution in [-0.2, 0) is 12.1 Å². The fourth-order valence-corrected chi connectivity index (χ4v) is 4.11. The number of nitrogens with one attached hydrogen (secondary N) is 2. The summed E-state index contributed by atoms with van der Waals surface area (Å²) in [5.74, 6) is 0.153. The van der Waals surface area contributed by atoms with Gasteiger partial charge in [-0.3, -0.25) is 14.3 Å². The van der Waals surface area contributed by atoms with Gasteiger partial charge in [-0.2, -0.15) is 10.2 Å². The number of carbonyl (C=O) groups excluding carboxylic acids is 1. The van der Waals surface area contributed by atoms with Crippen molar-refractivity contribution in [3.8, 4) is 11.3 Å². The first-order chi connectivity index (χ1) is 15.8. The number of hydrogen-bond donors (Lipinski definition) is 3. The number of fused-ring (bicyclic) bond motifs is 1. The van der Waals surface area contributed by atoms with E-state index < -0.39 is 0 Å². The number of nitrogens with zero attached hydrogens (tertiary/aromatic N) is 3. The van der Waals surface area contributed by atoms with Crippen LogP contribution in [0.1, 0.15) is 46.8 Å². The molecule has 2 aromatic heterocycles. The van der Waals surface area contributed by atoms with E-state index >= 15 is 0 Å². The molecule has 0 radical (unpaired) electrons. The first-order valence-electron chi connectivity index (χ1n) is 11.0. The summed E-state index contributed by atoms with van der Waals surface area (Å²) >= 11 is 0. The summed E-state index contributed by atoms with van der Waals surface area (Å²) in [6.45, 7) is 6.39. The summed E-state index contributed by atoms with van der Waals surface area (Å²) in [5, 5.41) is 14.8. The van der Waals surface area contributed by atoms with Crippen molar-refractivity contribution < 1.29 is 4.79 Å². The molecule has 1 saturated carbocycles. The number of rotatable bonds is 5. The Bertz CT molecular complexity index is 1440. The van der Waals surface area contributed by atoms with E-state index in [2.05, 4.69) is 22.4 Å². The minimum Gasteiger partial charge on any atom is -0.382 e. The molecular weight excluding hydrogens is 416 g/mol. The predicted molar refractivity (Wildman–Crippen MR) is 128 cm³/mol. The third-order valence-electron chi connectivity index (χ3n) is 6.44. The third-order valence-corrected chi connectivity index (χ3v) is 6.44. The molecule has 1 aliphatic carbocycles. The van der Waals surface area contributed by atoms with Gasteiger partial charge in [0.15, 0.2) is 5.82 Å². The van der Waals surface area contributed by atoms with Crippen LogP contribution in [0.5, 0.6) is 0 Å². The number of aromatic nitrogens is 4. The van der Waals surface area contributed by atoms with Crippen LogP contribution in [0.15, 0.2) is 47.3 Å². The molecule has 168 valence electrons. The van der Waals surface area contributed by atoms with E-state index in [-0.39, 0.29) is 22.8 Å². The van der Waals surface area contributed by atoms with E-state index in [1.54, 1.807) is 4.68 Å². The molecule has 8 heteroatoms. The van der Waals surface area contributed by atoms with Crippen molar-refractivity contribution in [3.05, 3.63) is 75.1 Å². The summed E-state index contributed by atoms with van der Waals surface area (Å²) in [6.07, 6.45) is 1.92. The number of anilines is 1. The van der Waals surface area contributed by atoms with Gasteiger partial charge in [0.05, 0.1) is 10.9 Å². The van der Waals surface area contributed by atoms with Gasteiger partial charge in [0.2, 0.25) is 0 Å². The van der Waals surface area contributed by atoms with Crippen LogP contribution >= 0.6 is 0 Å². The average Bonchev–Trinajstić information content (AvgIpc) is 3.41. The van der Waals surface area contributed by atoms with Gasteiger partial charge < -0.3 is 11.1 Å². The van der Waals surface area contributed by atoms with Crippen molar-refractivity contribution in [2.24, 2.45) is 0 Å². The van der Waals surface area contributed by atoms with E-state index in [0.717, 1.165) is 35.1 Å². The number of H-pyrrole nitrogens is 1. The van der Waals surface area contributed by atoms with Gasteiger partial charge in [-0.25, -0.2) is 5.10 Å². The second-order valence-corrected chi connectivity index (χ2v) is 9.12. The van der Waals surface area contributed by atoms with Crippen LogP contribution in [-0.4, -0.2) is 25.9 Å². The first-order valence-corrected chi connectivity index (χ1v) is 11.0. The second-order valence-electron chi connectivity index (χ2n) is 9.12. The van der Waals surface area contributed by atoms with Crippen molar-refractivity contribution >= 4 is 22.6 Å². The Morgan fingerprint density at radius 1 is 1.18 bits per heavy atom. The topological polar surface area (TPSA) is 119 Å². The second kappa shape index (κ2) is 7.58. The van der Waals surface area contributed by atoms with Gasteiger partial charge in [-0.1, -0.05) is 42.0 Å². The smallest absolute Gasteiger partial charge is 0.290 e. The van der Waals surface area contributed by atoms with Crippen LogP contribution in [0.2, 0.25) is 0 Å². The number of aryl methyl sites for hydroxylation is 2. The van der Waals surface area contributed by atoms with Crippen LogP contribution in [0, 0.1) is 13.8 Å². The van der Waals surface area contributed by atoms with E-state index in [1.165, 1.54) is 0 Å². The lowest BCUT2D eigenvalue weighted by Crippen LogP contribution is -2.23. The van der Waals surface area contributed by atoms with Gasteiger partial charge in [0.25, 0.3) is 11.5 Å².